The number of anilines is 2. The molecule has 2 fully saturated rings. The van der Waals surface area contributed by atoms with Crippen LogP contribution in [0.2, 0.25) is 5.02 Å². The van der Waals surface area contributed by atoms with Crippen molar-refractivity contribution in [2.24, 2.45) is 0 Å². The first-order valence-corrected chi connectivity index (χ1v) is 14.9. The van der Waals surface area contributed by atoms with E-state index in [1.54, 1.807) is 4.90 Å². The van der Waals surface area contributed by atoms with Gasteiger partial charge in [0.2, 0.25) is 12.5 Å². The minimum absolute atomic E-state index is 0.0291. The predicted molar refractivity (Wildman–Crippen MR) is 163 cm³/mol. The monoisotopic (exact) mass is 577 g/mol. The molecule has 41 heavy (non-hydrogen) atoms. The van der Waals surface area contributed by atoms with E-state index < -0.39 is 0 Å². The van der Waals surface area contributed by atoms with Gasteiger partial charge in [0, 0.05) is 31.7 Å². The SMILES string of the molecule is [C-]#[N+]C[C@H]1CN(c2nc(OCC3(N(C)C)CCCCC3)nc3c2CCN(c2ccccc2Cl)C3)CCN1C(=O)C=C. The zero-order chi connectivity index (χ0) is 29.0. The van der Waals surface area contributed by atoms with Crippen LogP contribution < -0.4 is 14.5 Å². The molecule has 5 rings (SSSR count). The maximum Gasteiger partial charge on any atom is 0.318 e. The lowest BCUT2D eigenvalue weighted by Gasteiger charge is -2.42. The topological polar surface area (TPSA) is 69.4 Å². The van der Waals surface area contributed by atoms with Crippen molar-refractivity contribution in [1.29, 1.82) is 0 Å². The van der Waals surface area contributed by atoms with Gasteiger partial charge in [0.15, 0.2) is 0 Å². The number of piperazine rings is 1. The van der Waals surface area contributed by atoms with Crippen LogP contribution in [0.1, 0.15) is 43.4 Å². The molecule has 2 aliphatic heterocycles. The minimum atomic E-state index is -0.232. The molecule has 3 heterocycles. The lowest BCUT2D eigenvalue weighted by Crippen LogP contribution is -2.56. The van der Waals surface area contributed by atoms with E-state index in [0.29, 0.717) is 38.8 Å². The van der Waals surface area contributed by atoms with Crippen molar-refractivity contribution in [2.75, 3.05) is 63.2 Å². The van der Waals surface area contributed by atoms with Gasteiger partial charge in [-0.15, -0.1) is 0 Å². The number of nitrogens with zero attached hydrogens (tertiary/aromatic N) is 7. The molecule has 1 amide bonds. The summed E-state index contributed by atoms with van der Waals surface area (Å²) in [6.07, 6.45) is 7.93. The Morgan fingerprint density at radius 1 is 1.20 bits per heavy atom. The fraction of sp³-hybridized carbons (Fsp3) is 0.548. The fourth-order valence-corrected chi connectivity index (χ4v) is 6.73. The lowest BCUT2D eigenvalue weighted by atomic mass is 9.81. The number of likely N-dealkylation sites (N-methyl/N-ethyl adjacent to an activating group) is 1. The van der Waals surface area contributed by atoms with Gasteiger partial charge in [-0.3, -0.25) is 4.79 Å². The first-order chi connectivity index (χ1) is 19.8. The van der Waals surface area contributed by atoms with Crippen LogP contribution in [0.15, 0.2) is 36.9 Å². The number of halogens is 1. The summed E-state index contributed by atoms with van der Waals surface area (Å²) < 4.78 is 6.46. The highest BCUT2D eigenvalue weighted by molar-refractivity contribution is 6.33. The molecule has 0 spiro atoms. The van der Waals surface area contributed by atoms with E-state index in [0.717, 1.165) is 53.6 Å². The molecule has 9 nitrogen and oxygen atoms in total. The molecule has 0 radical (unpaired) electrons. The molecule has 218 valence electrons. The van der Waals surface area contributed by atoms with Gasteiger partial charge in [-0.1, -0.05) is 49.6 Å². The van der Waals surface area contributed by atoms with Crippen LogP contribution in [0.4, 0.5) is 11.5 Å². The van der Waals surface area contributed by atoms with Crippen molar-refractivity contribution in [3.63, 3.8) is 0 Å². The molecular formula is C31H40ClN7O2. The summed E-state index contributed by atoms with van der Waals surface area (Å²) >= 11 is 6.57. The molecule has 0 unspecified atom stereocenters. The van der Waals surface area contributed by atoms with E-state index in [-0.39, 0.29) is 24.0 Å². The third kappa shape index (κ3) is 6.14. The Morgan fingerprint density at radius 2 is 1.98 bits per heavy atom. The molecular weight excluding hydrogens is 538 g/mol. The van der Waals surface area contributed by atoms with Crippen LogP contribution in [0, 0.1) is 6.57 Å². The number of hydrogen-bond donors (Lipinski definition) is 0. The fourth-order valence-electron chi connectivity index (χ4n) is 6.47. The Kier molecular flexibility index (Phi) is 9.00. The molecule has 0 N–H and O–H groups in total. The summed E-state index contributed by atoms with van der Waals surface area (Å²) in [6, 6.07) is 8.06. The Hall–Kier alpha value is -3.35. The highest BCUT2D eigenvalue weighted by Crippen LogP contribution is 2.36. The van der Waals surface area contributed by atoms with Crippen molar-refractivity contribution in [1.82, 2.24) is 19.8 Å². The second-order valence-electron chi connectivity index (χ2n) is 11.5. The molecule has 1 saturated heterocycles. The molecule has 1 aromatic carbocycles. The zero-order valence-corrected chi connectivity index (χ0v) is 24.9. The number of hydrogen-bond acceptors (Lipinski definition) is 7. The summed E-state index contributed by atoms with van der Waals surface area (Å²) in [5.41, 5.74) is 3.00. The summed E-state index contributed by atoms with van der Waals surface area (Å²) in [5.74, 6) is 0.718. The van der Waals surface area contributed by atoms with Crippen molar-refractivity contribution >= 4 is 29.0 Å². The average Bonchev–Trinajstić information content (AvgIpc) is 2.99. The number of carbonyl (C=O) groups excluding carboxylic acids is 1. The maximum atomic E-state index is 12.5. The predicted octanol–water partition coefficient (Wildman–Crippen LogP) is 4.46. The summed E-state index contributed by atoms with van der Waals surface area (Å²) in [6.45, 7) is 15.0. The maximum absolute atomic E-state index is 12.5. The van der Waals surface area contributed by atoms with E-state index in [1.165, 1.54) is 25.3 Å². The summed E-state index contributed by atoms with van der Waals surface area (Å²) in [7, 11) is 4.27. The Bertz CT molecular complexity index is 1300. The second-order valence-corrected chi connectivity index (χ2v) is 11.9. The molecule has 1 saturated carbocycles. The van der Waals surface area contributed by atoms with E-state index in [9.17, 15) is 4.79 Å². The Morgan fingerprint density at radius 3 is 2.68 bits per heavy atom. The Balaban J connectivity index is 1.47. The number of fused-ring (bicyclic) bond motifs is 1. The standard InChI is InChI=1S/C31H40ClN7O2/c1-5-28(40)39-18-17-38(20-23(39)19-33-2)29-24-13-16-37(27-12-8-7-11-25(27)32)21-26(24)34-30(35-29)41-22-31(36(3)4)14-9-6-10-15-31/h5,7-8,11-12,23H,1,6,9-10,13-22H2,3-4H3/t23-/m0/s1. The average molecular weight is 578 g/mol. The largest absolute Gasteiger partial charge is 0.461 e. The molecule has 3 aliphatic rings. The normalized spacial score (nSPS) is 20.4. The molecule has 1 atom stereocenters. The number of amides is 1. The van der Waals surface area contributed by atoms with Gasteiger partial charge < -0.3 is 29.2 Å². The summed E-state index contributed by atoms with van der Waals surface area (Å²) in [4.78, 5) is 34.7. The van der Waals surface area contributed by atoms with E-state index in [1.807, 2.05) is 24.3 Å². The first-order valence-electron chi connectivity index (χ1n) is 14.6. The van der Waals surface area contributed by atoms with Gasteiger partial charge in [0.1, 0.15) is 18.5 Å². The quantitative estimate of drug-likeness (QED) is 0.339. The number of carbonyl (C=O) groups is 1. The third-order valence-corrected chi connectivity index (χ3v) is 9.28. The number of ether oxygens (including phenoxy) is 1. The summed E-state index contributed by atoms with van der Waals surface area (Å²) in [5, 5.41) is 0.719. The highest BCUT2D eigenvalue weighted by Gasteiger charge is 2.37. The smallest absolute Gasteiger partial charge is 0.318 e. The number of para-hydroxylation sites is 1. The van der Waals surface area contributed by atoms with Crippen molar-refractivity contribution in [2.45, 2.75) is 56.7 Å². The van der Waals surface area contributed by atoms with Gasteiger partial charge >= 0.3 is 6.01 Å². The molecule has 2 aromatic rings. The number of aromatic nitrogens is 2. The number of benzene rings is 1. The molecule has 10 heteroatoms. The van der Waals surface area contributed by atoms with Gasteiger partial charge in [0.25, 0.3) is 0 Å². The van der Waals surface area contributed by atoms with Crippen LogP contribution in [-0.2, 0) is 17.8 Å². The van der Waals surface area contributed by atoms with Crippen LogP contribution in [0.5, 0.6) is 6.01 Å². The number of rotatable bonds is 8. The molecule has 1 aromatic heterocycles. The van der Waals surface area contributed by atoms with Gasteiger partial charge in [0.05, 0.1) is 28.5 Å². The van der Waals surface area contributed by atoms with Crippen LogP contribution in [0.25, 0.3) is 4.85 Å². The van der Waals surface area contributed by atoms with Crippen LogP contribution in [0.3, 0.4) is 0 Å². The molecule has 1 aliphatic carbocycles. The first kappa shape index (κ1) is 29.2. The Labute approximate surface area is 248 Å². The third-order valence-electron chi connectivity index (χ3n) is 8.96. The second kappa shape index (κ2) is 12.7. The van der Waals surface area contributed by atoms with Gasteiger partial charge in [-0.25, -0.2) is 6.57 Å². The van der Waals surface area contributed by atoms with E-state index >= 15 is 0 Å². The van der Waals surface area contributed by atoms with E-state index in [2.05, 4.69) is 40.2 Å². The highest BCUT2D eigenvalue weighted by atomic mass is 35.5. The zero-order valence-electron chi connectivity index (χ0n) is 24.2. The van der Waals surface area contributed by atoms with Crippen molar-refractivity contribution in [3.8, 4) is 6.01 Å². The van der Waals surface area contributed by atoms with Crippen molar-refractivity contribution < 1.29 is 9.53 Å². The van der Waals surface area contributed by atoms with Crippen LogP contribution >= 0.6 is 11.6 Å². The van der Waals surface area contributed by atoms with E-state index in [4.69, 9.17) is 32.9 Å². The minimum Gasteiger partial charge on any atom is -0.461 e. The van der Waals surface area contributed by atoms with Gasteiger partial charge in [-0.2, -0.15) is 9.97 Å². The van der Waals surface area contributed by atoms with Crippen molar-refractivity contribution in [3.05, 3.63) is 64.6 Å². The van der Waals surface area contributed by atoms with Gasteiger partial charge in [-0.05, 0) is 51.6 Å². The van der Waals surface area contributed by atoms with Crippen LogP contribution in [-0.4, -0.2) is 90.7 Å². The molecule has 0 bridgehead atoms. The lowest BCUT2D eigenvalue weighted by molar-refractivity contribution is -0.128.